The van der Waals surface area contributed by atoms with Crippen molar-refractivity contribution in [3.63, 3.8) is 0 Å². The van der Waals surface area contributed by atoms with Gasteiger partial charge in [-0.05, 0) is 12.0 Å². The number of hydrogen-bond donors (Lipinski definition) is 0. The monoisotopic (exact) mass is 190 g/mol. The van der Waals surface area contributed by atoms with Crippen molar-refractivity contribution in [1.29, 1.82) is 0 Å². The second kappa shape index (κ2) is 6.39. The summed E-state index contributed by atoms with van der Waals surface area (Å²) >= 11 is 0. The first-order valence-corrected chi connectivity index (χ1v) is 5.16. The van der Waals surface area contributed by atoms with Crippen molar-refractivity contribution in [2.45, 2.75) is 25.9 Å². The van der Waals surface area contributed by atoms with Crippen LogP contribution in [-0.2, 0) is 4.74 Å². The number of benzene rings is 1. The van der Waals surface area contributed by atoms with E-state index in [2.05, 4.69) is 13.5 Å². The SMILES string of the molecule is C=Cc1ccccc1.CCCC1CO1. The molecule has 1 saturated heterocycles. The van der Waals surface area contributed by atoms with E-state index in [0.29, 0.717) is 6.10 Å². The molecule has 0 radical (unpaired) electrons. The highest BCUT2D eigenvalue weighted by Gasteiger charge is 2.19. The van der Waals surface area contributed by atoms with Crippen LogP contribution >= 0.6 is 0 Å². The average molecular weight is 190 g/mol. The second-order valence-corrected chi connectivity index (χ2v) is 3.36. The molecule has 0 saturated carbocycles. The average Bonchev–Trinajstić information content (AvgIpc) is 3.05. The second-order valence-electron chi connectivity index (χ2n) is 3.36. The molecule has 1 heterocycles. The van der Waals surface area contributed by atoms with Gasteiger partial charge in [-0.2, -0.15) is 0 Å². The summed E-state index contributed by atoms with van der Waals surface area (Å²) in [6.45, 7) is 6.83. The molecule has 1 aromatic carbocycles. The molecule has 1 atom stereocenters. The zero-order valence-corrected chi connectivity index (χ0v) is 8.78. The third-order valence-electron chi connectivity index (χ3n) is 2.05. The lowest BCUT2D eigenvalue weighted by Crippen LogP contribution is -1.78. The Morgan fingerprint density at radius 2 is 2.07 bits per heavy atom. The summed E-state index contributed by atoms with van der Waals surface area (Å²) in [4.78, 5) is 0. The van der Waals surface area contributed by atoms with E-state index in [4.69, 9.17) is 4.74 Å². The quantitative estimate of drug-likeness (QED) is 0.664. The van der Waals surface area contributed by atoms with Crippen LogP contribution in [0.2, 0.25) is 0 Å². The molecule has 1 nitrogen and oxygen atoms in total. The molecule has 2 rings (SSSR count). The predicted molar refractivity (Wildman–Crippen MR) is 61.2 cm³/mol. The number of hydrogen-bond acceptors (Lipinski definition) is 1. The largest absolute Gasteiger partial charge is 0.373 e. The molecule has 0 aromatic heterocycles. The predicted octanol–water partition coefficient (Wildman–Crippen LogP) is 3.51. The molecule has 1 fully saturated rings. The Kier molecular flexibility index (Phi) is 5.02. The van der Waals surface area contributed by atoms with Crippen LogP contribution in [0.3, 0.4) is 0 Å². The summed E-state index contributed by atoms with van der Waals surface area (Å²) < 4.78 is 4.95. The van der Waals surface area contributed by atoms with Gasteiger partial charge in [0.2, 0.25) is 0 Å². The number of ether oxygens (including phenoxy) is 1. The zero-order valence-electron chi connectivity index (χ0n) is 8.78. The summed E-state index contributed by atoms with van der Waals surface area (Å²) in [6, 6.07) is 10.0. The molecule has 0 spiro atoms. The highest BCUT2D eigenvalue weighted by atomic mass is 16.6. The Bertz CT molecular complexity index is 249. The van der Waals surface area contributed by atoms with E-state index < -0.39 is 0 Å². The van der Waals surface area contributed by atoms with E-state index in [1.807, 2.05) is 36.4 Å². The summed E-state index contributed by atoms with van der Waals surface area (Å²) in [5, 5.41) is 0. The van der Waals surface area contributed by atoms with Crippen molar-refractivity contribution < 1.29 is 4.74 Å². The minimum atomic E-state index is 0.648. The first-order chi connectivity index (χ1) is 6.86. The zero-order chi connectivity index (χ0) is 10.2. The topological polar surface area (TPSA) is 12.5 Å². The Morgan fingerprint density at radius 3 is 2.36 bits per heavy atom. The normalized spacial score (nSPS) is 17.9. The third-order valence-corrected chi connectivity index (χ3v) is 2.05. The number of rotatable bonds is 3. The van der Waals surface area contributed by atoms with Crippen molar-refractivity contribution in [2.75, 3.05) is 6.61 Å². The molecule has 1 aromatic rings. The third kappa shape index (κ3) is 4.83. The maximum Gasteiger partial charge on any atom is 0.0809 e. The van der Waals surface area contributed by atoms with Crippen molar-refractivity contribution >= 4 is 6.08 Å². The van der Waals surface area contributed by atoms with Crippen molar-refractivity contribution in [3.8, 4) is 0 Å². The minimum Gasteiger partial charge on any atom is -0.373 e. The first-order valence-electron chi connectivity index (χ1n) is 5.16. The van der Waals surface area contributed by atoms with E-state index in [9.17, 15) is 0 Å². The lowest BCUT2D eigenvalue weighted by Gasteiger charge is -1.85. The molecule has 0 amide bonds. The summed E-state index contributed by atoms with van der Waals surface area (Å²) in [5.74, 6) is 0. The Morgan fingerprint density at radius 1 is 1.43 bits per heavy atom. The standard InChI is InChI=1S/C8H8.C5H10O/c1-2-8-6-4-3-5-7-8;1-2-3-5-4-6-5/h2-7H,1H2;5H,2-4H2,1H3. The first kappa shape index (κ1) is 11.0. The van der Waals surface area contributed by atoms with Crippen LogP contribution in [0.4, 0.5) is 0 Å². The summed E-state index contributed by atoms with van der Waals surface area (Å²) in [5.41, 5.74) is 1.17. The van der Waals surface area contributed by atoms with E-state index in [-0.39, 0.29) is 0 Å². The molecule has 0 N–H and O–H groups in total. The highest BCUT2D eigenvalue weighted by molar-refractivity contribution is 5.45. The molecule has 0 aliphatic carbocycles. The van der Waals surface area contributed by atoms with E-state index >= 15 is 0 Å². The lowest BCUT2D eigenvalue weighted by atomic mass is 10.2. The van der Waals surface area contributed by atoms with Gasteiger partial charge in [0.05, 0.1) is 12.7 Å². The van der Waals surface area contributed by atoms with Crippen LogP contribution in [0, 0.1) is 0 Å². The van der Waals surface area contributed by atoms with Crippen LogP contribution in [0.1, 0.15) is 25.3 Å². The fourth-order valence-electron chi connectivity index (χ4n) is 1.15. The van der Waals surface area contributed by atoms with Crippen molar-refractivity contribution in [2.24, 2.45) is 0 Å². The van der Waals surface area contributed by atoms with Gasteiger partial charge in [0.1, 0.15) is 0 Å². The molecule has 14 heavy (non-hydrogen) atoms. The summed E-state index contributed by atoms with van der Waals surface area (Å²) in [6.07, 6.45) is 5.01. The van der Waals surface area contributed by atoms with Crippen LogP contribution in [0.25, 0.3) is 6.08 Å². The van der Waals surface area contributed by atoms with Gasteiger partial charge in [-0.15, -0.1) is 0 Å². The van der Waals surface area contributed by atoms with Gasteiger partial charge in [-0.25, -0.2) is 0 Å². The lowest BCUT2D eigenvalue weighted by molar-refractivity contribution is 0.395. The maximum atomic E-state index is 4.95. The minimum absolute atomic E-state index is 0.648. The van der Waals surface area contributed by atoms with E-state index in [0.717, 1.165) is 6.61 Å². The molecular formula is C13H18O. The van der Waals surface area contributed by atoms with Crippen LogP contribution in [-0.4, -0.2) is 12.7 Å². The molecule has 1 unspecified atom stereocenters. The van der Waals surface area contributed by atoms with Crippen molar-refractivity contribution in [1.82, 2.24) is 0 Å². The van der Waals surface area contributed by atoms with Gasteiger partial charge < -0.3 is 4.74 Å². The Balaban J connectivity index is 0.000000146. The van der Waals surface area contributed by atoms with E-state index in [1.165, 1.54) is 18.4 Å². The molecule has 1 heteroatoms. The Labute approximate surface area is 86.4 Å². The maximum absolute atomic E-state index is 4.95. The fourth-order valence-corrected chi connectivity index (χ4v) is 1.15. The fraction of sp³-hybridized carbons (Fsp3) is 0.385. The van der Waals surface area contributed by atoms with Crippen LogP contribution < -0.4 is 0 Å². The molecule has 76 valence electrons. The molecule has 1 aliphatic rings. The smallest absolute Gasteiger partial charge is 0.0809 e. The molecule has 1 aliphatic heterocycles. The van der Waals surface area contributed by atoms with Gasteiger partial charge in [0.25, 0.3) is 0 Å². The van der Waals surface area contributed by atoms with Gasteiger partial charge in [0.15, 0.2) is 0 Å². The van der Waals surface area contributed by atoms with E-state index in [1.54, 1.807) is 0 Å². The van der Waals surface area contributed by atoms with Crippen molar-refractivity contribution in [3.05, 3.63) is 42.5 Å². The molecular weight excluding hydrogens is 172 g/mol. The Hall–Kier alpha value is -1.08. The van der Waals surface area contributed by atoms with Crippen LogP contribution in [0.5, 0.6) is 0 Å². The van der Waals surface area contributed by atoms with Gasteiger partial charge in [-0.1, -0.05) is 56.3 Å². The highest BCUT2D eigenvalue weighted by Crippen LogP contribution is 2.14. The van der Waals surface area contributed by atoms with Gasteiger partial charge in [0, 0.05) is 0 Å². The molecule has 0 bridgehead atoms. The number of epoxide rings is 1. The summed E-state index contributed by atoms with van der Waals surface area (Å²) in [7, 11) is 0. The van der Waals surface area contributed by atoms with Crippen LogP contribution in [0.15, 0.2) is 36.9 Å². The van der Waals surface area contributed by atoms with Gasteiger partial charge >= 0.3 is 0 Å². The van der Waals surface area contributed by atoms with Gasteiger partial charge in [-0.3, -0.25) is 0 Å².